The second-order valence-corrected chi connectivity index (χ2v) is 5.42. The number of benzene rings is 1. The minimum atomic E-state index is -3.46. The van der Waals surface area contributed by atoms with Crippen molar-refractivity contribution in [2.75, 3.05) is 18.6 Å². The number of ether oxygens (including phenoxy) is 1. The lowest BCUT2D eigenvalue weighted by atomic mass is 10.3. The SMILES string of the molecule is CCCS(=O)(=O)c1cc(OC)c(F)cc1N. The molecular formula is C10H14FNO3S. The molecule has 1 aromatic carbocycles. The molecule has 0 fully saturated rings. The molecule has 0 aliphatic carbocycles. The summed E-state index contributed by atoms with van der Waals surface area (Å²) in [6.45, 7) is 1.74. The molecule has 0 unspecified atom stereocenters. The predicted octanol–water partition coefficient (Wildman–Crippen LogP) is 1.60. The van der Waals surface area contributed by atoms with Gasteiger partial charge in [-0.2, -0.15) is 0 Å². The molecule has 0 bridgehead atoms. The van der Waals surface area contributed by atoms with Crippen molar-refractivity contribution in [3.63, 3.8) is 0 Å². The van der Waals surface area contributed by atoms with Crippen molar-refractivity contribution in [1.82, 2.24) is 0 Å². The van der Waals surface area contributed by atoms with E-state index in [1.165, 1.54) is 7.11 Å². The number of halogens is 1. The first-order valence-corrected chi connectivity index (χ1v) is 6.43. The van der Waals surface area contributed by atoms with Gasteiger partial charge in [0.2, 0.25) is 0 Å². The van der Waals surface area contributed by atoms with Gasteiger partial charge in [-0.1, -0.05) is 6.92 Å². The summed E-state index contributed by atoms with van der Waals surface area (Å²) in [5.74, 6) is -0.814. The minimum Gasteiger partial charge on any atom is -0.494 e. The third-order valence-corrected chi connectivity index (χ3v) is 4.06. The molecule has 0 atom stereocenters. The van der Waals surface area contributed by atoms with Crippen LogP contribution >= 0.6 is 0 Å². The zero-order valence-corrected chi connectivity index (χ0v) is 9.97. The van der Waals surface area contributed by atoms with Crippen LogP contribution in [0.5, 0.6) is 5.75 Å². The second-order valence-electron chi connectivity index (χ2n) is 3.34. The highest BCUT2D eigenvalue weighted by Crippen LogP contribution is 2.28. The van der Waals surface area contributed by atoms with Crippen LogP contribution in [0.1, 0.15) is 13.3 Å². The summed E-state index contributed by atoms with van der Waals surface area (Å²) in [6, 6.07) is 2.08. The molecule has 0 amide bonds. The van der Waals surface area contributed by atoms with Crippen LogP contribution < -0.4 is 10.5 Å². The first-order valence-electron chi connectivity index (χ1n) is 4.78. The molecule has 16 heavy (non-hydrogen) atoms. The van der Waals surface area contributed by atoms with E-state index in [9.17, 15) is 12.8 Å². The number of hydrogen-bond acceptors (Lipinski definition) is 4. The lowest BCUT2D eigenvalue weighted by Crippen LogP contribution is -2.09. The van der Waals surface area contributed by atoms with E-state index in [1.807, 2.05) is 0 Å². The van der Waals surface area contributed by atoms with E-state index in [2.05, 4.69) is 0 Å². The standard InChI is InChI=1S/C10H14FNO3S/c1-3-4-16(13,14)10-6-9(15-2)7(11)5-8(10)12/h5-6H,3-4,12H2,1-2H3. The molecular weight excluding hydrogens is 233 g/mol. The number of hydrogen-bond donors (Lipinski definition) is 1. The molecule has 0 heterocycles. The topological polar surface area (TPSA) is 69.4 Å². The second kappa shape index (κ2) is 4.69. The van der Waals surface area contributed by atoms with E-state index in [0.29, 0.717) is 6.42 Å². The summed E-state index contributed by atoms with van der Waals surface area (Å²) in [7, 11) is -2.19. The van der Waals surface area contributed by atoms with Crippen molar-refractivity contribution < 1.29 is 17.5 Å². The summed E-state index contributed by atoms with van der Waals surface area (Å²) in [5.41, 5.74) is 5.40. The van der Waals surface area contributed by atoms with Crippen molar-refractivity contribution in [2.24, 2.45) is 0 Å². The highest BCUT2D eigenvalue weighted by atomic mass is 32.2. The molecule has 0 spiro atoms. The Labute approximate surface area is 94.1 Å². The van der Waals surface area contributed by atoms with Crippen LogP contribution in [0, 0.1) is 5.82 Å². The Bertz CT molecular complexity index is 485. The lowest BCUT2D eigenvalue weighted by Gasteiger charge is -2.09. The number of methoxy groups -OCH3 is 1. The van der Waals surface area contributed by atoms with E-state index in [0.717, 1.165) is 12.1 Å². The fraction of sp³-hybridized carbons (Fsp3) is 0.400. The van der Waals surface area contributed by atoms with Crippen molar-refractivity contribution in [2.45, 2.75) is 18.2 Å². The Morgan fingerprint density at radius 3 is 2.56 bits per heavy atom. The van der Waals surface area contributed by atoms with Gasteiger partial charge in [-0.05, 0) is 6.42 Å². The van der Waals surface area contributed by atoms with Gasteiger partial charge in [0.1, 0.15) is 0 Å². The van der Waals surface area contributed by atoms with E-state index >= 15 is 0 Å². The van der Waals surface area contributed by atoms with Crippen molar-refractivity contribution >= 4 is 15.5 Å². The monoisotopic (exact) mass is 247 g/mol. The van der Waals surface area contributed by atoms with Gasteiger partial charge in [0.25, 0.3) is 0 Å². The fourth-order valence-corrected chi connectivity index (χ4v) is 2.82. The average Bonchev–Trinajstić information content (AvgIpc) is 2.17. The van der Waals surface area contributed by atoms with E-state index < -0.39 is 15.7 Å². The minimum absolute atomic E-state index is 0.0218. The molecule has 4 nitrogen and oxygen atoms in total. The van der Waals surface area contributed by atoms with Gasteiger partial charge >= 0.3 is 0 Å². The molecule has 0 aromatic heterocycles. The van der Waals surface area contributed by atoms with Crippen LogP contribution in [-0.2, 0) is 9.84 Å². The van der Waals surface area contributed by atoms with Crippen LogP contribution in [0.3, 0.4) is 0 Å². The Balaban J connectivity index is 3.34. The summed E-state index contributed by atoms with van der Waals surface area (Å²) < 4.78 is 41.5. The van der Waals surface area contributed by atoms with Gasteiger partial charge in [0.05, 0.1) is 23.4 Å². The molecule has 6 heteroatoms. The summed E-state index contributed by atoms with van der Waals surface area (Å²) in [6.07, 6.45) is 0.474. The van der Waals surface area contributed by atoms with Gasteiger partial charge in [-0.3, -0.25) is 0 Å². The zero-order chi connectivity index (χ0) is 12.3. The van der Waals surface area contributed by atoms with Crippen LogP contribution in [-0.4, -0.2) is 21.3 Å². The quantitative estimate of drug-likeness (QED) is 0.648. The molecule has 0 saturated carbocycles. The van der Waals surface area contributed by atoms with Crippen LogP contribution in [0.4, 0.5) is 10.1 Å². The fourth-order valence-electron chi connectivity index (χ4n) is 1.35. The number of nitrogens with two attached hydrogens (primary N) is 1. The third-order valence-electron chi connectivity index (χ3n) is 2.09. The number of nitrogen functional groups attached to an aromatic ring is 1. The van der Waals surface area contributed by atoms with Crippen LogP contribution in [0.2, 0.25) is 0 Å². The van der Waals surface area contributed by atoms with E-state index in [-0.39, 0.29) is 22.1 Å². The highest BCUT2D eigenvalue weighted by molar-refractivity contribution is 7.91. The number of sulfone groups is 1. The Kier molecular flexibility index (Phi) is 3.74. The number of anilines is 1. The summed E-state index contributed by atoms with van der Waals surface area (Å²) in [4.78, 5) is -0.0763. The number of rotatable bonds is 4. The first kappa shape index (κ1) is 12.8. The Morgan fingerprint density at radius 2 is 2.06 bits per heavy atom. The summed E-state index contributed by atoms with van der Waals surface area (Å²) >= 11 is 0. The molecule has 0 aliphatic rings. The van der Waals surface area contributed by atoms with Crippen molar-refractivity contribution in [3.05, 3.63) is 17.9 Å². The molecule has 2 N–H and O–H groups in total. The summed E-state index contributed by atoms with van der Waals surface area (Å²) in [5, 5.41) is 0. The zero-order valence-electron chi connectivity index (χ0n) is 9.16. The van der Waals surface area contributed by atoms with Crippen molar-refractivity contribution in [1.29, 1.82) is 0 Å². The maximum Gasteiger partial charge on any atom is 0.180 e. The van der Waals surface area contributed by atoms with Gasteiger partial charge < -0.3 is 10.5 Å². The lowest BCUT2D eigenvalue weighted by molar-refractivity contribution is 0.385. The average molecular weight is 247 g/mol. The van der Waals surface area contributed by atoms with Crippen molar-refractivity contribution in [3.8, 4) is 5.75 Å². The Hall–Kier alpha value is -1.30. The predicted molar refractivity (Wildman–Crippen MR) is 59.7 cm³/mol. The maximum atomic E-state index is 13.2. The van der Waals surface area contributed by atoms with Gasteiger partial charge in [-0.25, -0.2) is 12.8 Å². The van der Waals surface area contributed by atoms with Crippen LogP contribution in [0.15, 0.2) is 17.0 Å². The Morgan fingerprint density at radius 1 is 1.44 bits per heavy atom. The molecule has 0 saturated heterocycles. The molecule has 90 valence electrons. The van der Waals surface area contributed by atoms with Gasteiger partial charge in [-0.15, -0.1) is 0 Å². The van der Waals surface area contributed by atoms with E-state index in [4.69, 9.17) is 10.5 Å². The van der Waals surface area contributed by atoms with Crippen LogP contribution in [0.25, 0.3) is 0 Å². The molecule has 0 aliphatic heterocycles. The molecule has 1 rings (SSSR count). The normalized spacial score (nSPS) is 11.4. The first-order chi connectivity index (χ1) is 7.42. The smallest absolute Gasteiger partial charge is 0.180 e. The van der Waals surface area contributed by atoms with Gasteiger partial charge in [0, 0.05) is 12.1 Å². The highest BCUT2D eigenvalue weighted by Gasteiger charge is 2.19. The largest absolute Gasteiger partial charge is 0.494 e. The third kappa shape index (κ3) is 2.44. The van der Waals surface area contributed by atoms with E-state index in [1.54, 1.807) is 6.92 Å². The van der Waals surface area contributed by atoms with Gasteiger partial charge in [0.15, 0.2) is 21.4 Å². The maximum absolute atomic E-state index is 13.2. The molecule has 0 radical (unpaired) electrons. The molecule has 1 aromatic rings.